The Hall–Kier alpha value is -2.15. The molecule has 0 aliphatic carbocycles. The number of morpholine rings is 1. The van der Waals surface area contributed by atoms with Gasteiger partial charge in [-0.05, 0) is 35.9 Å². The number of amides is 1. The lowest BCUT2D eigenvalue weighted by atomic mass is 10.0. The summed E-state index contributed by atoms with van der Waals surface area (Å²) in [4.78, 5) is 14.7. The monoisotopic (exact) mass is 466 g/mol. The molecule has 2 heterocycles. The van der Waals surface area contributed by atoms with Crippen molar-refractivity contribution in [3.05, 3.63) is 68.8 Å². The van der Waals surface area contributed by atoms with Crippen LogP contribution in [-0.4, -0.2) is 41.7 Å². The molecule has 1 aliphatic rings. The lowest BCUT2D eigenvalue weighted by molar-refractivity contribution is 0.0176. The van der Waals surface area contributed by atoms with E-state index in [-0.39, 0.29) is 11.5 Å². The Morgan fingerprint density at radius 3 is 2.52 bits per heavy atom. The van der Waals surface area contributed by atoms with Gasteiger partial charge in [-0.15, -0.1) is 0 Å². The Morgan fingerprint density at radius 1 is 1.13 bits per heavy atom. The maximum atomic E-state index is 13.7. The first-order valence-electron chi connectivity index (χ1n) is 9.97. The highest BCUT2D eigenvalue weighted by Crippen LogP contribution is 2.34. The fourth-order valence-electron chi connectivity index (χ4n) is 3.89. The molecule has 4 rings (SSSR count). The van der Waals surface area contributed by atoms with Gasteiger partial charge in [0.1, 0.15) is 0 Å². The SMILES string of the molecule is Cn1c(Cc2c(Cl)ccc(C(=O)N3CCOCC3)c2Cl)cc2cc(C(C)(F)F)ccc21. The summed E-state index contributed by atoms with van der Waals surface area (Å²) in [5, 5.41) is 1.48. The maximum Gasteiger partial charge on any atom is 0.270 e. The molecule has 0 spiro atoms. The molecular formula is C23H22Cl2F2N2O2. The van der Waals surface area contributed by atoms with Crippen molar-refractivity contribution >= 4 is 40.0 Å². The van der Waals surface area contributed by atoms with Crippen LogP contribution in [0.5, 0.6) is 0 Å². The Bertz CT molecular complexity index is 1150. The van der Waals surface area contributed by atoms with Crippen molar-refractivity contribution in [2.24, 2.45) is 7.05 Å². The highest BCUT2D eigenvalue weighted by atomic mass is 35.5. The number of alkyl halides is 2. The molecule has 0 N–H and O–H groups in total. The van der Waals surface area contributed by atoms with Crippen LogP contribution in [-0.2, 0) is 24.1 Å². The number of halogens is 4. The molecule has 1 aliphatic heterocycles. The van der Waals surface area contributed by atoms with Crippen LogP contribution >= 0.6 is 23.2 Å². The number of ether oxygens (including phenoxy) is 1. The second-order valence-electron chi connectivity index (χ2n) is 7.83. The van der Waals surface area contributed by atoms with E-state index in [9.17, 15) is 13.6 Å². The molecule has 1 amide bonds. The number of aryl methyl sites for hydroxylation is 1. The molecule has 1 saturated heterocycles. The average Bonchev–Trinajstić information content (AvgIpc) is 3.05. The van der Waals surface area contributed by atoms with Crippen LogP contribution in [0.2, 0.25) is 10.0 Å². The lowest BCUT2D eigenvalue weighted by Crippen LogP contribution is -2.40. The van der Waals surface area contributed by atoms with Crippen LogP contribution in [0.3, 0.4) is 0 Å². The molecule has 164 valence electrons. The Kier molecular flexibility index (Phi) is 5.99. The molecule has 0 unspecified atom stereocenters. The van der Waals surface area contributed by atoms with Gasteiger partial charge in [-0.1, -0.05) is 29.3 Å². The molecule has 4 nitrogen and oxygen atoms in total. The van der Waals surface area contributed by atoms with Gasteiger partial charge in [-0.25, -0.2) is 8.78 Å². The smallest absolute Gasteiger partial charge is 0.270 e. The minimum atomic E-state index is -2.91. The Balaban J connectivity index is 1.70. The molecule has 31 heavy (non-hydrogen) atoms. The largest absolute Gasteiger partial charge is 0.378 e. The third-order valence-electron chi connectivity index (χ3n) is 5.72. The van der Waals surface area contributed by atoms with Crippen molar-refractivity contribution in [3.8, 4) is 0 Å². The van der Waals surface area contributed by atoms with Crippen LogP contribution in [0.15, 0.2) is 36.4 Å². The zero-order valence-electron chi connectivity index (χ0n) is 17.2. The molecule has 0 atom stereocenters. The van der Waals surface area contributed by atoms with Gasteiger partial charge in [0, 0.05) is 60.7 Å². The quantitative estimate of drug-likeness (QED) is 0.497. The molecule has 1 fully saturated rings. The molecule has 3 aromatic rings. The minimum Gasteiger partial charge on any atom is -0.378 e. The van der Waals surface area contributed by atoms with Gasteiger partial charge in [-0.2, -0.15) is 0 Å². The van der Waals surface area contributed by atoms with Crippen molar-refractivity contribution in [1.82, 2.24) is 9.47 Å². The van der Waals surface area contributed by atoms with Crippen LogP contribution in [0, 0.1) is 0 Å². The predicted octanol–water partition coefficient (Wildman–Crippen LogP) is 5.66. The van der Waals surface area contributed by atoms with Crippen LogP contribution in [0.4, 0.5) is 8.78 Å². The second kappa shape index (κ2) is 8.41. The third kappa shape index (κ3) is 4.29. The van der Waals surface area contributed by atoms with Gasteiger partial charge < -0.3 is 14.2 Å². The van der Waals surface area contributed by atoms with Crippen molar-refractivity contribution in [2.45, 2.75) is 19.3 Å². The summed E-state index contributed by atoms with van der Waals surface area (Å²) in [7, 11) is 1.87. The van der Waals surface area contributed by atoms with Crippen molar-refractivity contribution in [1.29, 1.82) is 0 Å². The standard InChI is InChI=1S/C23H22Cl2F2N2O2/c1-23(26,27)15-3-6-20-14(11-15)12-16(28(20)2)13-18-19(24)5-4-17(21(18)25)22(30)29-7-9-31-10-8-29/h3-6,11-12H,7-10,13H2,1-2H3. The van der Waals surface area contributed by atoms with Crippen molar-refractivity contribution in [3.63, 3.8) is 0 Å². The number of carbonyl (C=O) groups excluding carboxylic acids is 1. The first-order chi connectivity index (χ1) is 14.7. The minimum absolute atomic E-state index is 0.0358. The van der Waals surface area contributed by atoms with E-state index in [0.717, 1.165) is 18.1 Å². The van der Waals surface area contributed by atoms with Gasteiger partial charge in [0.15, 0.2) is 0 Å². The number of hydrogen-bond acceptors (Lipinski definition) is 2. The first-order valence-corrected chi connectivity index (χ1v) is 10.7. The summed E-state index contributed by atoms with van der Waals surface area (Å²) < 4.78 is 34.7. The van der Waals surface area contributed by atoms with E-state index < -0.39 is 5.92 Å². The van der Waals surface area contributed by atoms with Gasteiger partial charge in [0.05, 0.1) is 23.8 Å². The van der Waals surface area contributed by atoms with E-state index in [1.807, 2.05) is 17.7 Å². The van der Waals surface area contributed by atoms with E-state index in [0.29, 0.717) is 59.3 Å². The van der Waals surface area contributed by atoms with Gasteiger partial charge >= 0.3 is 0 Å². The molecule has 0 radical (unpaired) electrons. The normalized spacial score (nSPS) is 15.0. The lowest BCUT2D eigenvalue weighted by Gasteiger charge is -2.27. The first kappa shape index (κ1) is 22.1. The highest BCUT2D eigenvalue weighted by molar-refractivity contribution is 6.38. The van der Waals surface area contributed by atoms with Gasteiger partial charge in [0.25, 0.3) is 11.8 Å². The van der Waals surface area contributed by atoms with Crippen molar-refractivity contribution in [2.75, 3.05) is 26.3 Å². The zero-order chi connectivity index (χ0) is 22.3. The topological polar surface area (TPSA) is 34.5 Å². The molecule has 1 aromatic heterocycles. The number of fused-ring (bicyclic) bond motifs is 1. The van der Waals surface area contributed by atoms with Crippen LogP contribution in [0.1, 0.15) is 34.1 Å². The van der Waals surface area contributed by atoms with Crippen LogP contribution in [0.25, 0.3) is 10.9 Å². The third-order valence-corrected chi connectivity index (χ3v) is 6.51. The average molecular weight is 467 g/mol. The summed E-state index contributed by atoms with van der Waals surface area (Å²) in [6.07, 6.45) is 0.366. The fourth-order valence-corrected chi connectivity index (χ4v) is 4.48. The van der Waals surface area contributed by atoms with E-state index in [1.54, 1.807) is 23.1 Å². The summed E-state index contributed by atoms with van der Waals surface area (Å²) in [6, 6.07) is 9.80. The predicted molar refractivity (Wildman–Crippen MR) is 118 cm³/mol. The van der Waals surface area contributed by atoms with E-state index in [2.05, 4.69) is 0 Å². The maximum absolute atomic E-state index is 13.7. The Labute approximate surface area is 189 Å². The van der Waals surface area contributed by atoms with Gasteiger partial charge in [0.2, 0.25) is 0 Å². The summed E-state index contributed by atoms with van der Waals surface area (Å²) >= 11 is 13.1. The molecule has 2 aromatic carbocycles. The van der Waals surface area contributed by atoms with E-state index in [1.165, 1.54) is 12.1 Å². The molecule has 0 bridgehead atoms. The number of hydrogen-bond donors (Lipinski definition) is 0. The number of nitrogens with zero attached hydrogens (tertiary/aromatic N) is 2. The number of carbonyl (C=O) groups is 1. The van der Waals surface area contributed by atoms with Crippen LogP contribution < -0.4 is 0 Å². The zero-order valence-corrected chi connectivity index (χ0v) is 18.7. The molecule has 8 heteroatoms. The molecular weight excluding hydrogens is 445 g/mol. The second-order valence-corrected chi connectivity index (χ2v) is 8.61. The number of benzene rings is 2. The summed E-state index contributed by atoms with van der Waals surface area (Å²) in [5.74, 6) is -3.07. The number of rotatable bonds is 4. The van der Waals surface area contributed by atoms with E-state index >= 15 is 0 Å². The highest BCUT2D eigenvalue weighted by Gasteiger charge is 2.26. The molecule has 0 saturated carbocycles. The number of aromatic nitrogens is 1. The van der Waals surface area contributed by atoms with Gasteiger partial charge in [-0.3, -0.25) is 4.79 Å². The summed E-state index contributed by atoms with van der Waals surface area (Å²) in [5.41, 5.74) is 2.68. The van der Waals surface area contributed by atoms with Crippen molar-refractivity contribution < 1.29 is 18.3 Å². The fraction of sp³-hybridized carbons (Fsp3) is 0.348. The summed E-state index contributed by atoms with van der Waals surface area (Å²) in [6.45, 7) is 2.91. The van der Waals surface area contributed by atoms with E-state index in [4.69, 9.17) is 27.9 Å². The Morgan fingerprint density at radius 2 is 1.84 bits per heavy atom.